The first-order valence-electron chi connectivity index (χ1n) is 9.63. The van der Waals surface area contributed by atoms with Gasteiger partial charge >= 0.3 is 0 Å². The summed E-state index contributed by atoms with van der Waals surface area (Å²) in [5, 5.41) is 4.85. The molecule has 0 aliphatic rings. The zero-order chi connectivity index (χ0) is 18.9. The lowest BCUT2D eigenvalue weighted by Gasteiger charge is -2.28. The third kappa shape index (κ3) is 2.74. The summed E-state index contributed by atoms with van der Waals surface area (Å²) in [6.45, 7) is 0. The lowest BCUT2D eigenvalue weighted by molar-refractivity contribution is 1.31. The predicted octanol–water partition coefficient (Wildman–Crippen LogP) is 7.46. The summed E-state index contributed by atoms with van der Waals surface area (Å²) in [5.41, 5.74) is 3.31. The minimum absolute atomic E-state index is 0.513. The average molecular weight is 347 g/mol. The normalized spacial score (nSPS) is 11.5. The molecule has 0 radical (unpaired) electrons. The summed E-state index contributed by atoms with van der Waals surface area (Å²) in [7, 11) is 0. The fraction of sp³-hybridized carbons (Fsp3) is 0. The number of benzene rings is 5. The van der Waals surface area contributed by atoms with E-state index in [4.69, 9.17) is 1.37 Å². The van der Waals surface area contributed by atoms with E-state index in [1.807, 2.05) is 30.3 Å². The van der Waals surface area contributed by atoms with Crippen LogP contribution in [0.5, 0.6) is 0 Å². The Morgan fingerprint density at radius 2 is 1.00 bits per heavy atom. The third-order valence-electron chi connectivity index (χ3n) is 4.94. The predicted molar refractivity (Wildman–Crippen MR) is 116 cm³/mol. The molecule has 0 fully saturated rings. The van der Waals surface area contributed by atoms with Crippen molar-refractivity contribution in [1.29, 1.82) is 0 Å². The first-order valence-corrected chi connectivity index (χ1v) is 9.13. The van der Waals surface area contributed by atoms with E-state index in [-0.39, 0.29) is 0 Å². The van der Waals surface area contributed by atoms with Gasteiger partial charge in [0.15, 0.2) is 0 Å². The molecule has 0 unspecified atom stereocenters. The van der Waals surface area contributed by atoms with Crippen LogP contribution < -0.4 is 4.90 Å². The van der Waals surface area contributed by atoms with Gasteiger partial charge in [0.25, 0.3) is 0 Å². The Bertz CT molecular complexity index is 1210. The largest absolute Gasteiger partial charge is 0.309 e. The molecule has 0 saturated heterocycles. The lowest BCUT2D eigenvalue weighted by atomic mass is 9.99. The van der Waals surface area contributed by atoms with Gasteiger partial charge in [-0.25, -0.2) is 0 Å². The first-order chi connectivity index (χ1) is 13.8. The lowest BCUT2D eigenvalue weighted by Crippen LogP contribution is -2.10. The summed E-state index contributed by atoms with van der Waals surface area (Å²) in [6.07, 6.45) is 0. The van der Waals surface area contributed by atoms with Gasteiger partial charge in [-0.05, 0) is 41.1 Å². The average Bonchev–Trinajstić information content (AvgIpc) is 2.75. The molecule has 0 heterocycles. The summed E-state index contributed by atoms with van der Waals surface area (Å²) in [5.74, 6) is 0. The molecule has 27 heavy (non-hydrogen) atoms. The van der Waals surface area contributed by atoms with Crippen LogP contribution in [0, 0.1) is 0 Å². The van der Waals surface area contributed by atoms with Gasteiger partial charge in [0.05, 0.1) is 7.06 Å². The summed E-state index contributed by atoms with van der Waals surface area (Å²) in [4.78, 5) is 2.30. The zero-order valence-corrected chi connectivity index (χ0v) is 14.8. The molecule has 5 aromatic rings. The second-order valence-corrected chi connectivity index (χ2v) is 6.60. The van der Waals surface area contributed by atoms with Crippen molar-refractivity contribution in [2.24, 2.45) is 0 Å². The molecule has 0 spiro atoms. The van der Waals surface area contributed by atoms with Gasteiger partial charge in [-0.2, -0.15) is 0 Å². The number of nitrogens with zero attached hydrogens (tertiary/aromatic N) is 1. The molecule has 0 saturated carbocycles. The molecular weight excluding hydrogens is 326 g/mol. The van der Waals surface area contributed by atoms with Crippen molar-refractivity contribution in [2.45, 2.75) is 0 Å². The van der Waals surface area contributed by atoms with Gasteiger partial charge in [-0.3, -0.25) is 0 Å². The van der Waals surface area contributed by atoms with Gasteiger partial charge in [0, 0.05) is 22.1 Å². The first kappa shape index (κ1) is 14.6. The van der Waals surface area contributed by atoms with E-state index in [9.17, 15) is 0 Å². The van der Waals surface area contributed by atoms with Crippen LogP contribution in [0.1, 0.15) is 1.37 Å². The molecule has 0 atom stereocenters. The maximum Gasteiger partial charge on any atom is 0.0623 e. The van der Waals surface area contributed by atoms with E-state index < -0.39 is 0 Å². The second kappa shape index (κ2) is 6.62. The van der Waals surface area contributed by atoms with Crippen LogP contribution in [0.15, 0.2) is 115 Å². The Morgan fingerprint density at radius 1 is 0.519 bits per heavy atom. The molecule has 0 bridgehead atoms. The number of fused-ring (bicyclic) bond motifs is 2. The van der Waals surface area contributed by atoms with Crippen LogP contribution in [0.3, 0.4) is 0 Å². The molecule has 0 N–H and O–H groups in total. The minimum atomic E-state index is 0.513. The van der Waals surface area contributed by atoms with Crippen LogP contribution in [-0.2, 0) is 0 Å². The van der Waals surface area contributed by atoms with Crippen LogP contribution in [0.25, 0.3) is 21.5 Å². The van der Waals surface area contributed by atoms with Crippen molar-refractivity contribution < 1.29 is 1.37 Å². The molecule has 5 rings (SSSR count). The highest BCUT2D eigenvalue weighted by molar-refractivity contribution is 6.14. The third-order valence-corrected chi connectivity index (χ3v) is 4.94. The highest BCUT2D eigenvalue weighted by Gasteiger charge is 2.17. The molecule has 0 aliphatic heterocycles. The van der Waals surface area contributed by atoms with Gasteiger partial charge in [-0.15, -0.1) is 0 Å². The Morgan fingerprint density at radius 3 is 1.59 bits per heavy atom. The topological polar surface area (TPSA) is 3.24 Å². The maximum absolute atomic E-state index is 7.89. The Hall–Kier alpha value is -3.58. The van der Waals surface area contributed by atoms with Gasteiger partial charge < -0.3 is 4.90 Å². The Kier molecular flexibility index (Phi) is 3.57. The van der Waals surface area contributed by atoms with Crippen LogP contribution in [-0.4, -0.2) is 0 Å². The zero-order valence-electron chi connectivity index (χ0n) is 15.8. The molecule has 0 aliphatic carbocycles. The number of hydrogen-bond donors (Lipinski definition) is 0. The molecule has 1 nitrogen and oxygen atoms in total. The van der Waals surface area contributed by atoms with Crippen molar-refractivity contribution in [1.82, 2.24) is 0 Å². The smallest absolute Gasteiger partial charge is 0.0623 e. The molecule has 0 aromatic heterocycles. The maximum atomic E-state index is 7.89. The monoisotopic (exact) mass is 347 g/mol. The fourth-order valence-corrected chi connectivity index (χ4v) is 3.74. The number of hydrogen-bond acceptors (Lipinski definition) is 1. The number of rotatable bonds is 3. The van der Waals surface area contributed by atoms with Crippen molar-refractivity contribution in [3.63, 3.8) is 0 Å². The standard InChI is InChI=1S/C26H19N/c1-3-13-22(14-4-1)27(23-15-5-2-6-16-23)26-24-17-9-7-11-20(24)19-21-12-8-10-18-25(21)26/h1-19H/i1T. The highest BCUT2D eigenvalue weighted by atomic mass is 15.1. The van der Waals surface area contributed by atoms with E-state index in [2.05, 4.69) is 83.8 Å². The van der Waals surface area contributed by atoms with Crippen LogP contribution >= 0.6 is 0 Å². The van der Waals surface area contributed by atoms with E-state index in [0.717, 1.165) is 17.1 Å². The SMILES string of the molecule is [3H]c1ccc(N(c2ccccc2)c2c3ccccc3cc3ccccc23)cc1. The highest BCUT2D eigenvalue weighted by Crippen LogP contribution is 2.43. The van der Waals surface area contributed by atoms with Crippen molar-refractivity contribution in [2.75, 3.05) is 4.90 Å². The number of anilines is 3. The summed E-state index contributed by atoms with van der Waals surface area (Å²) < 4.78 is 7.89. The minimum Gasteiger partial charge on any atom is -0.309 e. The molecule has 0 amide bonds. The fourth-order valence-electron chi connectivity index (χ4n) is 3.74. The van der Waals surface area contributed by atoms with Crippen LogP contribution in [0.4, 0.5) is 17.1 Å². The van der Waals surface area contributed by atoms with Gasteiger partial charge in [-0.1, -0.05) is 84.9 Å². The van der Waals surface area contributed by atoms with E-state index in [1.165, 1.54) is 21.5 Å². The van der Waals surface area contributed by atoms with Gasteiger partial charge in [0.2, 0.25) is 0 Å². The van der Waals surface area contributed by atoms with E-state index >= 15 is 0 Å². The number of para-hydroxylation sites is 2. The quantitative estimate of drug-likeness (QED) is 0.306. The van der Waals surface area contributed by atoms with Crippen molar-refractivity contribution >= 4 is 38.6 Å². The van der Waals surface area contributed by atoms with Crippen molar-refractivity contribution in [3.8, 4) is 0 Å². The second-order valence-electron chi connectivity index (χ2n) is 6.60. The molecular formula is C26H19N. The Balaban J connectivity index is 1.91. The molecule has 1 heteroatoms. The summed E-state index contributed by atoms with van der Waals surface area (Å²) >= 11 is 0. The Labute approximate surface area is 160 Å². The molecule has 128 valence electrons. The van der Waals surface area contributed by atoms with Crippen LogP contribution in [0.2, 0.25) is 0 Å². The van der Waals surface area contributed by atoms with E-state index in [0.29, 0.717) is 6.04 Å². The summed E-state index contributed by atoms with van der Waals surface area (Å²) in [6, 6.07) is 38.0. The van der Waals surface area contributed by atoms with Gasteiger partial charge in [0.1, 0.15) is 0 Å². The molecule has 5 aromatic carbocycles. The van der Waals surface area contributed by atoms with E-state index in [1.54, 1.807) is 0 Å². The van der Waals surface area contributed by atoms with Crippen molar-refractivity contribution in [3.05, 3.63) is 115 Å².